The van der Waals surface area contributed by atoms with Crippen molar-refractivity contribution in [2.45, 2.75) is 17.9 Å². The van der Waals surface area contributed by atoms with Crippen LogP contribution in [-0.2, 0) is 9.84 Å². The van der Waals surface area contributed by atoms with Gasteiger partial charge in [-0.3, -0.25) is 0 Å². The monoisotopic (exact) mass is 366 g/mol. The van der Waals surface area contributed by atoms with E-state index in [2.05, 4.69) is 0 Å². The van der Waals surface area contributed by atoms with E-state index in [0.717, 1.165) is 6.26 Å². The summed E-state index contributed by atoms with van der Waals surface area (Å²) >= 11 is 0. The zero-order valence-corrected chi connectivity index (χ0v) is 14.5. The topological polar surface area (TPSA) is 110 Å². The Balaban J connectivity index is 2.30. The molecule has 0 radical (unpaired) electrons. The average molecular weight is 366 g/mol. The summed E-state index contributed by atoms with van der Waals surface area (Å²) in [4.78, 5) is 11.4. The maximum atomic E-state index is 11.5. The molecule has 0 saturated heterocycles. The number of aliphatic hydroxyl groups is 1. The van der Waals surface area contributed by atoms with Gasteiger partial charge in [-0.2, -0.15) is 0 Å². The number of benzene rings is 2. The number of sulfone groups is 1. The summed E-state index contributed by atoms with van der Waals surface area (Å²) in [7, 11) is -3.31. The third-order valence-corrected chi connectivity index (χ3v) is 4.34. The number of rotatable bonds is 7. The van der Waals surface area contributed by atoms with E-state index >= 15 is 0 Å². The van der Waals surface area contributed by atoms with Crippen molar-refractivity contribution in [3.8, 4) is 17.2 Å². The first-order valence-electron chi connectivity index (χ1n) is 7.33. The molecule has 7 nitrogen and oxygen atoms in total. The van der Waals surface area contributed by atoms with Crippen LogP contribution in [0.25, 0.3) is 0 Å². The van der Waals surface area contributed by atoms with Gasteiger partial charge >= 0.3 is 5.97 Å². The molecule has 8 heteroatoms. The first kappa shape index (κ1) is 18.8. The lowest BCUT2D eigenvalue weighted by atomic mass is 10.2. The summed E-state index contributed by atoms with van der Waals surface area (Å²) in [5.41, 5.74) is -0.0367. The Kier molecular flexibility index (Phi) is 5.66. The van der Waals surface area contributed by atoms with Crippen LogP contribution in [-0.4, -0.2) is 43.6 Å². The van der Waals surface area contributed by atoms with Crippen LogP contribution in [0.15, 0.2) is 47.4 Å². The molecule has 0 fully saturated rings. The predicted octanol–water partition coefficient (Wildman–Crippen LogP) is 2.34. The van der Waals surface area contributed by atoms with Gasteiger partial charge in [0.1, 0.15) is 23.4 Å². The molecule has 0 aliphatic rings. The molecule has 0 aliphatic heterocycles. The van der Waals surface area contributed by atoms with Crippen molar-refractivity contribution in [1.82, 2.24) is 0 Å². The fourth-order valence-electron chi connectivity index (χ4n) is 1.98. The minimum Gasteiger partial charge on any atom is -0.488 e. The van der Waals surface area contributed by atoms with Gasteiger partial charge in [-0.15, -0.1) is 0 Å². The van der Waals surface area contributed by atoms with E-state index in [4.69, 9.17) is 14.6 Å². The van der Waals surface area contributed by atoms with E-state index in [9.17, 15) is 18.3 Å². The molecule has 2 rings (SSSR count). The molecule has 0 spiro atoms. The normalized spacial score (nSPS) is 12.4. The predicted molar refractivity (Wildman–Crippen MR) is 90.2 cm³/mol. The Morgan fingerprint density at radius 2 is 1.68 bits per heavy atom. The highest BCUT2D eigenvalue weighted by molar-refractivity contribution is 7.90. The Morgan fingerprint density at radius 1 is 1.08 bits per heavy atom. The molecule has 0 aromatic heterocycles. The second kappa shape index (κ2) is 7.54. The molecule has 2 aromatic carbocycles. The molecule has 0 bridgehead atoms. The van der Waals surface area contributed by atoms with Crippen LogP contribution in [0.3, 0.4) is 0 Å². The molecule has 2 N–H and O–H groups in total. The van der Waals surface area contributed by atoms with Crippen molar-refractivity contribution in [2.75, 3.05) is 12.9 Å². The molecule has 2 aromatic rings. The third-order valence-electron chi connectivity index (χ3n) is 3.21. The molecule has 0 heterocycles. The van der Waals surface area contributed by atoms with Gasteiger partial charge in [0.25, 0.3) is 0 Å². The highest BCUT2D eigenvalue weighted by Gasteiger charge is 2.12. The maximum Gasteiger partial charge on any atom is 0.335 e. The zero-order valence-electron chi connectivity index (χ0n) is 13.7. The van der Waals surface area contributed by atoms with Crippen LogP contribution in [0.4, 0.5) is 0 Å². The molecular formula is C17H18O7S. The number of carbonyl (C=O) groups is 1. The van der Waals surface area contributed by atoms with Gasteiger partial charge in [0.05, 0.1) is 17.1 Å². The Labute approximate surface area is 145 Å². The number of carboxylic acids is 1. The molecule has 134 valence electrons. The first-order chi connectivity index (χ1) is 11.7. The van der Waals surface area contributed by atoms with Gasteiger partial charge < -0.3 is 19.7 Å². The van der Waals surface area contributed by atoms with Gasteiger partial charge in [0, 0.05) is 12.3 Å². The molecule has 0 saturated carbocycles. The van der Waals surface area contributed by atoms with E-state index in [-0.39, 0.29) is 28.6 Å². The van der Waals surface area contributed by atoms with Crippen LogP contribution in [0.5, 0.6) is 17.2 Å². The van der Waals surface area contributed by atoms with E-state index < -0.39 is 21.9 Å². The Morgan fingerprint density at radius 3 is 2.20 bits per heavy atom. The zero-order chi connectivity index (χ0) is 18.6. The smallest absolute Gasteiger partial charge is 0.335 e. The van der Waals surface area contributed by atoms with Crippen molar-refractivity contribution >= 4 is 15.8 Å². The fraction of sp³-hybridized carbons (Fsp3) is 0.235. The second-order valence-corrected chi connectivity index (χ2v) is 7.47. The van der Waals surface area contributed by atoms with Crippen molar-refractivity contribution < 1.29 is 32.9 Å². The van der Waals surface area contributed by atoms with Crippen molar-refractivity contribution in [3.63, 3.8) is 0 Å². The van der Waals surface area contributed by atoms with E-state index in [1.54, 1.807) is 6.92 Å². The number of hydrogen-bond acceptors (Lipinski definition) is 6. The molecule has 25 heavy (non-hydrogen) atoms. The Bertz CT molecular complexity index is 857. The van der Waals surface area contributed by atoms with Gasteiger partial charge in [0.15, 0.2) is 9.84 Å². The van der Waals surface area contributed by atoms with Crippen LogP contribution in [0.2, 0.25) is 0 Å². The minimum atomic E-state index is -3.31. The number of ether oxygens (including phenoxy) is 2. The number of carboxylic acid groups (broad SMARTS) is 1. The summed E-state index contributed by atoms with van der Waals surface area (Å²) in [6, 6.07) is 9.88. The van der Waals surface area contributed by atoms with Crippen molar-refractivity contribution in [1.29, 1.82) is 0 Å². The average Bonchev–Trinajstić information content (AvgIpc) is 2.54. The quantitative estimate of drug-likeness (QED) is 0.774. The highest BCUT2D eigenvalue weighted by Crippen LogP contribution is 2.28. The van der Waals surface area contributed by atoms with Crippen LogP contribution >= 0.6 is 0 Å². The number of aliphatic hydroxyl groups excluding tert-OH is 1. The van der Waals surface area contributed by atoms with Gasteiger partial charge in [-0.05, 0) is 43.3 Å². The largest absolute Gasteiger partial charge is 0.488 e. The van der Waals surface area contributed by atoms with E-state index in [1.165, 1.54) is 42.5 Å². The van der Waals surface area contributed by atoms with E-state index in [0.29, 0.717) is 5.75 Å². The number of hydrogen-bond donors (Lipinski definition) is 2. The third kappa shape index (κ3) is 5.20. The standard InChI is InChI=1S/C17H18O7S/c1-11(10-18)23-14-7-12(17(19)20)8-15(9-14)24-13-3-5-16(6-4-13)25(2,21)22/h3-9,11,18H,10H2,1-2H3,(H,19,20)/t11-/m0/s1. The van der Waals surface area contributed by atoms with Crippen LogP contribution in [0, 0.1) is 0 Å². The molecule has 0 amide bonds. The van der Waals surface area contributed by atoms with Crippen molar-refractivity contribution in [3.05, 3.63) is 48.0 Å². The molecule has 0 unspecified atom stereocenters. The Hall–Kier alpha value is -2.58. The van der Waals surface area contributed by atoms with Gasteiger partial charge in [-0.25, -0.2) is 13.2 Å². The van der Waals surface area contributed by atoms with Gasteiger partial charge in [-0.1, -0.05) is 0 Å². The van der Waals surface area contributed by atoms with Crippen LogP contribution in [0.1, 0.15) is 17.3 Å². The lowest BCUT2D eigenvalue weighted by Crippen LogP contribution is -2.16. The second-order valence-electron chi connectivity index (χ2n) is 5.45. The lowest BCUT2D eigenvalue weighted by molar-refractivity contribution is 0.0695. The van der Waals surface area contributed by atoms with Gasteiger partial charge in [0.2, 0.25) is 0 Å². The molecule has 1 atom stereocenters. The summed E-state index contributed by atoms with van der Waals surface area (Å²) < 4.78 is 33.9. The maximum absolute atomic E-state index is 11.5. The van der Waals surface area contributed by atoms with E-state index in [1.807, 2.05) is 0 Å². The highest BCUT2D eigenvalue weighted by atomic mass is 32.2. The molecule has 0 aliphatic carbocycles. The summed E-state index contributed by atoms with van der Waals surface area (Å²) in [6.45, 7) is 1.42. The summed E-state index contributed by atoms with van der Waals surface area (Å²) in [5, 5.41) is 18.2. The summed E-state index contributed by atoms with van der Waals surface area (Å²) in [6.07, 6.45) is 0.594. The first-order valence-corrected chi connectivity index (χ1v) is 9.22. The van der Waals surface area contributed by atoms with Crippen LogP contribution < -0.4 is 9.47 Å². The molecular weight excluding hydrogens is 348 g/mol. The lowest BCUT2D eigenvalue weighted by Gasteiger charge is -2.14. The minimum absolute atomic E-state index is 0.0367. The summed E-state index contributed by atoms with van der Waals surface area (Å²) in [5.74, 6) is -0.355. The number of aromatic carboxylic acids is 1. The fourth-order valence-corrected chi connectivity index (χ4v) is 2.61. The SMILES string of the molecule is C[C@@H](CO)Oc1cc(Oc2ccc(S(C)(=O)=O)cc2)cc(C(=O)O)c1. The van der Waals surface area contributed by atoms with Crippen molar-refractivity contribution in [2.24, 2.45) is 0 Å².